The van der Waals surface area contributed by atoms with Crippen LogP contribution in [-0.4, -0.2) is 23.5 Å². The summed E-state index contributed by atoms with van der Waals surface area (Å²) < 4.78 is 0. The van der Waals surface area contributed by atoms with E-state index in [1.54, 1.807) is 0 Å². The van der Waals surface area contributed by atoms with Crippen molar-refractivity contribution in [3.63, 3.8) is 0 Å². The Morgan fingerprint density at radius 2 is 2.00 bits per heavy atom. The third kappa shape index (κ3) is 4.79. The smallest absolute Gasteiger partial charge is 0.167 e. The van der Waals surface area contributed by atoms with E-state index in [0.717, 1.165) is 23.1 Å². The highest BCUT2D eigenvalue weighted by Gasteiger charge is 2.34. The highest BCUT2D eigenvalue weighted by atomic mass is 35.5. The number of benzene rings is 1. The van der Waals surface area contributed by atoms with E-state index in [9.17, 15) is 9.90 Å². The zero-order valence-electron chi connectivity index (χ0n) is 14.7. The number of hydrogen-bond donors (Lipinski definition) is 2. The van der Waals surface area contributed by atoms with Crippen LogP contribution in [0.2, 0.25) is 0 Å². The first-order valence-electron chi connectivity index (χ1n) is 8.34. The number of carbonyl (C=O) groups is 1. The third-order valence-electron chi connectivity index (χ3n) is 4.92. The van der Waals surface area contributed by atoms with Gasteiger partial charge in [0.25, 0.3) is 0 Å². The van der Waals surface area contributed by atoms with Crippen molar-refractivity contribution in [2.24, 2.45) is 11.8 Å². The molecule has 4 atom stereocenters. The Morgan fingerprint density at radius 1 is 1.38 bits per heavy atom. The maximum Gasteiger partial charge on any atom is 0.167 e. The van der Waals surface area contributed by atoms with Gasteiger partial charge in [0, 0.05) is 0 Å². The number of ketones is 1. The average molecular weight is 350 g/mol. The van der Waals surface area contributed by atoms with E-state index in [1.807, 2.05) is 57.2 Å². The van der Waals surface area contributed by atoms with E-state index in [2.05, 4.69) is 11.9 Å². The number of rotatable bonds is 6. The van der Waals surface area contributed by atoms with Gasteiger partial charge in [0.2, 0.25) is 0 Å². The van der Waals surface area contributed by atoms with Crippen molar-refractivity contribution in [2.75, 3.05) is 6.54 Å². The predicted molar refractivity (Wildman–Crippen MR) is 92.8 cm³/mol. The molecule has 1 aliphatic carbocycles. The number of aliphatic hydroxyl groups is 1. The lowest BCUT2D eigenvalue weighted by atomic mass is 9.75. The average Bonchev–Trinajstić information content (AvgIpc) is 2.55. The van der Waals surface area contributed by atoms with Crippen molar-refractivity contribution >= 4 is 5.78 Å². The van der Waals surface area contributed by atoms with Gasteiger partial charge in [-0.05, 0) is 44.2 Å². The number of allylic oxidation sites excluding steroid dienone is 3. The van der Waals surface area contributed by atoms with Gasteiger partial charge in [-0.1, -0.05) is 48.6 Å². The molecule has 0 radical (unpaired) electrons. The van der Waals surface area contributed by atoms with Crippen LogP contribution >= 0.6 is 0 Å². The highest BCUT2D eigenvalue weighted by molar-refractivity contribution is 5.97. The monoisotopic (exact) mass is 349 g/mol. The van der Waals surface area contributed by atoms with Crippen molar-refractivity contribution in [1.82, 2.24) is 0 Å². The Hall–Kier alpha value is -1.42. The van der Waals surface area contributed by atoms with Gasteiger partial charge in [0.1, 0.15) is 12.1 Å². The molecule has 1 aliphatic rings. The largest absolute Gasteiger partial charge is 1.00 e. The SMILES string of the molecule is C=C(C)C1CC=C(C)C(=O)C1C[NH2+]C(C)C(O)c1ccccc1.[Cl-]. The predicted octanol–water partition coefficient (Wildman–Crippen LogP) is -0.596. The minimum atomic E-state index is -0.533. The van der Waals surface area contributed by atoms with Gasteiger partial charge in [-0.2, -0.15) is 0 Å². The van der Waals surface area contributed by atoms with Crippen LogP contribution in [0, 0.1) is 11.8 Å². The molecule has 1 aromatic rings. The summed E-state index contributed by atoms with van der Waals surface area (Å²) in [5.74, 6) is 0.397. The summed E-state index contributed by atoms with van der Waals surface area (Å²) in [7, 11) is 0. The van der Waals surface area contributed by atoms with Crippen LogP contribution in [0.3, 0.4) is 0 Å². The van der Waals surface area contributed by atoms with Gasteiger partial charge in [0.05, 0.1) is 12.5 Å². The second kappa shape index (κ2) is 9.16. The van der Waals surface area contributed by atoms with Crippen LogP contribution in [0.15, 0.2) is 54.1 Å². The summed E-state index contributed by atoms with van der Waals surface area (Å²) in [5, 5.41) is 12.6. The number of hydrogen-bond acceptors (Lipinski definition) is 2. The van der Waals surface area contributed by atoms with Crippen LogP contribution in [0.5, 0.6) is 0 Å². The molecular weight excluding hydrogens is 322 g/mol. The van der Waals surface area contributed by atoms with E-state index >= 15 is 0 Å². The van der Waals surface area contributed by atoms with Crippen molar-refractivity contribution in [2.45, 2.75) is 39.3 Å². The van der Waals surface area contributed by atoms with Gasteiger partial charge in [-0.15, -0.1) is 0 Å². The number of nitrogens with two attached hydrogens (primary N) is 1. The number of Topliss-reactive ketones (excluding diaryl/α,β-unsaturated/α-hetero) is 1. The van der Waals surface area contributed by atoms with E-state index in [4.69, 9.17) is 0 Å². The van der Waals surface area contributed by atoms with E-state index in [-0.39, 0.29) is 36.1 Å². The maximum absolute atomic E-state index is 12.5. The van der Waals surface area contributed by atoms with Gasteiger partial charge < -0.3 is 22.8 Å². The minimum absolute atomic E-state index is 0. The number of aliphatic hydroxyl groups excluding tert-OH is 1. The molecular formula is C20H28ClNO2. The lowest BCUT2D eigenvalue weighted by molar-refractivity contribution is -0.698. The molecule has 4 unspecified atom stereocenters. The Kier molecular flexibility index (Phi) is 7.88. The van der Waals surface area contributed by atoms with Crippen LogP contribution in [0.4, 0.5) is 0 Å². The molecule has 3 nitrogen and oxygen atoms in total. The molecule has 0 aliphatic heterocycles. The van der Waals surface area contributed by atoms with E-state index in [1.165, 1.54) is 0 Å². The summed E-state index contributed by atoms with van der Waals surface area (Å²) in [5.41, 5.74) is 2.84. The fourth-order valence-electron chi connectivity index (χ4n) is 3.30. The molecule has 1 aromatic carbocycles. The van der Waals surface area contributed by atoms with E-state index < -0.39 is 6.10 Å². The standard InChI is InChI=1S/C20H27NO2.ClH/c1-13(2)17-11-10-14(3)19(22)18(17)12-21-15(4)20(23)16-8-6-5-7-9-16;/h5-10,15,17-18,20-21,23H,1,11-12H2,2-4H3;1H. The first-order valence-corrected chi connectivity index (χ1v) is 8.34. The van der Waals surface area contributed by atoms with Gasteiger partial charge in [-0.25, -0.2) is 0 Å². The Morgan fingerprint density at radius 3 is 2.58 bits per heavy atom. The van der Waals surface area contributed by atoms with Crippen molar-refractivity contribution in [3.8, 4) is 0 Å². The fraction of sp³-hybridized carbons (Fsp3) is 0.450. The summed E-state index contributed by atoms with van der Waals surface area (Å²) in [6, 6.07) is 9.68. The number of quaternary nitrogens is 1. The molecule has 0 saturated heterocycles. The fourth-order valence-corrected chi connectivity index (χ4v) is 3.30. The van der Waals surface area contributed by atoms with Crippen molar-refractivity contribution < 1.29 is 27.6 Å². The molecule has 4 heteroatoms. The van der Waals surface area contributed by atoms with Crippen LogP contribution in [0.25, 0.3) is 0 Å². The molecule has 0 heterocycles. The second-order valence-electron chi connectivity index (χ2n) is 6.73. The number of halogens is 1. The summed E-state index contributed by atoms with van der Waals surface area (Å²) in [4.78, 5) is 12.5. The van der Waals surface area contributed by atoms with Gasteiger partial charge in [-0.3, -0.25) is 4.79 Å². The topological polar surface area (TPSA) is 53.9 Å². The Labute approximate surface area is 151 Å². The van der Waals surface area contributed by atoms with Gasteiger partial charge >= 0.3 is 0 Å². The quantitative estimate of drug-likeness (QED) is 0.674. The molecule has 132 valence electrons. The number of carbonyl (C=O) groups excluding carboxylic acids is 1. The van der Waals surface area contributed by atoms with Crippen molar-refractivity contribution in [3.05, 3.63) is 59.7 Å². The summed E-state index contributed by atoms with van der Waals surface area (Å²) >= 11 is 0. The molecule has 3 N–H and O–H groups in total. The van der Waals surface area contributed by atoms with Crippen LogP contribution < -0.4 is 17.7 Å². The first-order chi connectivity index (χ1) is 10.9. The Bertz CT molecular complexity index is 597. The highest BCUT2D eigenvalue weighted by Crippen LogP contribution is 2.30. The third-order valence-corrected chi connectivity index (χ3v) is 4.92. The molecule has 0 saturated carbocycles. The molecule has 0 spiro atoms. The summed E-state index contributed by atoms with van der Waals surface area (Å²) in [6.45, 7) is 10.6. The maximum atomic E-state index is 12.5. The lowest BCUT2D eigenvalue weighted by Gasteiger charge is -2.30. The second-order valence-corrected chi connectivity index (χ2v) is 6.73. The van der Waals surface area contributed by atoms with Crippen molar-refractivity contribution in [1.29, 1.82) is 0 Å². The minimum Gasteiger partial charge on any atom is -1.00 e. The molecule has 2 rings (SSSR count). The molecule has 0 amide bonds. The molecule has 0 fully saturated rings. The zero-order valence-corrected chi connectivity index (χ0v) is 15.5. The van der Waals surface area contributed by atoms with Gasteiger partial charge in [0.15, 0.2) is 5.78 Å². The van der Waals surface area contributed by atoms with E-state index in [0.29, 0.717) is 6.54 Å². The first kappa shape index (κ1) is 20.6. The Balaban J connectivity index is 0.00000288. The zero-order chi connectivity index (χ0) is 17.0. The summed E-state index contributed by atoms with van der Waals surface area (Å²) in [6.07, 6.45) is 2.39. The molecule has 0 bridgehead atoms. The normalized spacial score (nSPS) is 23.0. The van der Waals surface area contributed by atoms with Crippen LogP contribution in [0.1, 0.15) is 38.9 Å². The molecule has 0 aromatic heterocycles. The lowest BCUT2D eigenvalue weighted by Crippen LogP contribution is -3.00. The molecule has 24 heavy (non-hydrogen) atoms. The van der Waals surface area contributed by atoms with Crippen LogP contribution in [-0.2, 0) is 4.79 Å².